The summed E-state index contributed by atoms with van der Waals surface area (Å²) in [5.41, 5.74) is 0. The van der Waals surface area contributed by atoms with Crippen LogP contribution in [0.3, 0.4) is 0 Å². The number of sulfone groups is 1. The zero-order chi connectivity index (χ0) is 15.2. The van der Waals surface area contributed by atoms with E-state index in [-0.39, 0.29) is 19.4 Å². The SMILES string of the molecule is CCOC(=O)CCC(=O)CS(=O)(=O)c1ccccc1F. The molecule has 0 fully saturated rings. The van der Waals surface area contributed by atoms with Crippen LogP contribution in [-0.2, 0) is 24.2 Å². The fraction of sp³-hybridized carbons (Fsp3) is 0.385. The van der Waals surface area contributed by atoms with Gasteiger partial charge in [0.25, 0.3) is 0 Å². The van der Waals surface area contributed by atoms with Gasteiger partial charge in [-0.2, -0.15) is 0 Å². The van der Waals surface area contributed by atoms with Gasteiger partial charge in [0, 0.05) is 6.42 Å². The summed E-state index contributed by atoms with van der Waals surface area (Å²) in [4.78, 5) is 22.1. The largest absolute Gasteiger partial charge is 0.466 e. The van der Waals surface area contributed by atoms with E-state index in [1.807, 2.05) is 0 Å². The summed E-state index contributed by atoms with van der Waals surface area (Å²) in [6.07, 6.45) is -0.425. The average molecular weight is 302 g/mol. The van der Waals surface area contributed by atoms with Crippen LogP contribution >= 0.6 is 0 Å². The van der Waals surface area contributed by atoms with Gasteiger partial charge in [-0.05, 0) is 19.1 Å². The third-order valence-electron chi connectivity index (χ3n) is 2.44. The van der Waals surface area contributed by atoms with Crippen LogP contribution in [0.25, 0.3) is 0 Å². The molecule has 0 spiro atoms. The number of hydrogen-bond acceptors (Lipinski definition) is 5. The van der Waals surface area contributed by atoms with E-state index in [9.17, 15) is 22.4 Å². The molecule has 0 aliphatic rings. The number of carbonyl (C=O) groups excluding carboxylic acids is 2. The Balaban J connectivity index is 2.66. The van der Waals surface area contributed by atoms with E-state index >= 15 is 0 Å². The van der Waals surface area contributed by atoms with Crippen molar-refractivity contribution in [3.63, 3.8) is 0 Å². The van der Waals surface area contributed by atoms with Gasteiger partial charge in [0.2, 0.25) is 0 Å². The van der Waals surface area contributed by atoms with E-state index in [0.717, 1.165) is 12.1 Å². The fourth-order valence-electron chi connectivity index (χ4n) is 1.53. The Kier molecular flexibility index (Phi) is 5.82. The molecule has 20 heavy (non-hydrogen) atoms. The summed E-state index contributed by atoms with van der Waals surface area (Å²) in [5.74, 6) is -2.94. The summed E-state index contributed by atoms with van der Waals surface area (Å²) >= 11 is 0. The summed E-state index contributed by atoms with van der Waals surface area (Å²) < 4.78 is 41.7. The number of hydrogen-bond donors (Lipinski definition) is 0. The maximum Gasteiger partial charge on any atom is 0.306 e. The van der Waals surface area contributed by atoms with Crippen LogP contribution in [0.15, 0.2) is 29.2 Å². The van der Waals surface area contributed by atoms with Crippen molar-refractivity contribution in [2.75, 3.05) is 12.4 Å². The monoisotopic (exact) mass is 302 g/mol. The first-order valence-electron chi connectivity index (χ1n) is 6.01. The van der Waals surface area contributed by atoms with Crippen LogP contribution in [0.1, 0.15) is 19.8 Å². The number of Topliss-reactive ketones (excluding diaryl/α,β-unsaturated/α-hetero) is 1. The molecule has 1 aromatic carbocycles. The Morgan fingerprint density at radius 1 is 1.20 bits per heavy atom. The molecule has 110 valence electrons. The second-order valence-electron chi connectivity index (χ2n) is 4.03. The normalized spacial score (nSPS) is 11.1. The fourth-order valence-corrected chi connectivity index (χ4v) is 2.91. The molecule has 7 heteroatoms. The highest BCUT2D eigenvalue weighted by Gasteiger charge is 2.22. The average Bonchev–Trinajstić information content (AvgIpc) is 2.36. The molecule has 5 nitrogen and oxygen atoms in total. The Labute approximate surface area is 116 Å². The van der Waals surface area contributed by atoms with Crippen molar-refractivity contribution in [3.8, 4) is 0 Å². The van der Waals surface area contributed by atoms with E-state index in [1.54, 1.807) is 6.92 Å². The number of benzene rings is 1. The maximum atomic E-state index is 13.4. The lowest BCUT2D eigenvalue weighted by molar-refractivity contribution is -0.144. The smallest absolute Gasteiger partial charge is 0.306 e. The van der Waals surface area contributed by atoms with Gasteiger partial charge in [0.15, 0.2) is 9.84 Å². The van der Waals surface area contributed by atoms with Crippen molar-refractivity contribution in [3.05, 3.63) is 30.1 Å². The van der Waals surface area contributed by atoms with Crippen LogP contribution in [0.5, 0.6) is 0 Å². The van der Waals surface area contributed by atoms with Crippen molar-refractivity contribution < 1.29 is 27.1 Å². The topological polar surface area (TPSA) is 77.5 Å². The molecule has 1 aromatic rings. The van der Waals surface area contributed by atoms with E-state index in [1.165, 1.54) is 12.1 Å². The predicted octanol–water partition coefficient (Wildman–Crippen LogP) is 1.51. The standard InChI is InChI=1S/C13H15FO5S/c1-2-19-13(16)8-7-10(15)9-20(17,18)12-6-4-3-5-11(12)14/h3-6H,2,7-9H2,1H3. The minimum atomic E-state index is -4.03. The third kappa shape index (κ3) is 4.73. The molecule has 0 aromatic heterocycles. The molecule has 0 amide bonds. The highest BCUT2D eigenvalue weighted by molar-refractivity contribution is 7.92. The highest BCUT2D eigenvalue weighted by Crippen LogP contribution is 2.15. The minimum Gasteiger partial charge on any atom is -0.466 e. The first-order chi connectivity index (χ1) is 9.36. The quantitative estimate of drug-likeness (QED) is 0.713. The van der Waals surface area contributed by atoms with Crippen LogP contribution in [-0.4, -0.2) is 32.5 Å². The van der Waals surface area contributed by atoms with E-state index in [4.69, 9.17) is 0 Å². The lowest BCUT2D eigenvalue weighted by Gasteiger charge is -2.05. The number of ether oxygens (including phenoxy) is 1. The number of ketones is 1. The van der Waals surface area contributed by atoms with Crippen LogP contribution in [0, 0.1) is 5.82 Å². The van der Waals surface area contributed by atoms with Gasteiger partial charge in [-0.25, -0.2) is 12.8 Å². The third-order valence-corrected chi connectivity index (χ3v) is 4.14. The van der Waals surface area contributed by atoms with Crippen LogP contribution < -0.4 is 0 Å². The Bertz CT molecular complexity index is 595. The zero-order valence-electron chi connectivity index (χ0n) is 11.0. The van der Waals surface area contributed by atoms with Crippen molar-refractivity contribution in [1.29, 1.82) is 0 Å². The van der Waals surface area contributed by atoms with Crippen molar-refractivity contribution in [2.45, 2.75) is 24.7 Å². The minimum absolute atomic E-state index is 0.181. The number of carbonyl (C=O) groups is 2. The molecule has 0 unspecified atom stereocenters. The molecule has 0 N–H and O–H groups in total. The van der Waals surface area contributed by atoms with Gasteiger partial charge in [-0.15, -0.1) is 0 Å². The van der Waals surface area contributed by atoms with Gasteiger partial charge in [0.1, 0.15) is 22.2 Å². The van der Waals surface area contributed by atoms with Gasteiger partial charge in [-0.1, -0.05) is 12.1 Å². The van der Waals surface area contributed by atoms with E-state index in [0.29, 0.717) is 0 Å². The Morgan fingerprint density at radius 2 is 1.85 bits per heavy atom. The molecular formula is C13H15FO5S. The molecule has 0 bridgehead atoms. The molecule has 0 saturated heterocycles. The zero-order valence-corrected chi connectivity index (χ0v) is 11.8. The van der Waals surface area contributed by atoms with Gasteiger partial charge < -0.3 is 4.74 Å². The maximum absolute atomic E-state index is 13.4. The molecule has 0 aliphatic heterocycles. The van der Waals surface area contributed by atoms with Crippen molar-refractivity contribution in [1.82, 2.24) is 0 Å². The number of esters is 1. The molecule has 0 radical (unpaired) electrons. The second-order valence-corrected chi connectivity index (χ2v) is 5.99. The van der Waals surface area contributed by atoms with Crippen molar-refractivity contribution in [2.24, 2.45) is 0 Å². The molecule has 0 saturated carbocycles. The summed E-state index contributed by atoms with van der Waals surface area (Å²) in [7, 11) is -4.03. The van der Waals surface area contributed by atoms with E-state index < -0.39 is 38.1 Å². The molecule has 0 heterocycles. The Morgan fingerprint density at radius 3 is 2.45 bits per heavy atom. The van der Waals surface area contributed by atoms with Gasteiger partial charge >= 0.3 is 5.97 Å². The molecule has 0 atom stereocenters. The van der Waals surface area contributed by atoms with Gasteiger partial charge in [-0.3, -0.25) is 9.59 Å². The number of rotatable bonds is 7. The molecule has 1 rings (SSSR count). The first kappa shape index (κ1) is 16.3. The summed E-state index contributed by atoms with van der Waals surface area (Å²) in [6, 6.07) is 4.84. The van der Waals surface area contributed by atoms with Crippen LogP contribution in [0.4, 0.5) is 4.39 Å². The predicted molar refractivity (Wildman–Crippen MR) is 69.3 cm³/mol. The van der Waals surface area contributed by atoms with Crippen molar-refractivity contribution >= 4 is 21.6 Å². The summed E-state index contributed by atoms with van der Waals surface area (Å²) in [5, 5.41) is 0. The molecular weight excluding hydrogens is 287 g/mol. The molecule has 0 aliphatic carbocycles. The summed E-state index contributed by atoms with van der Waals surface area (Å²) in [6.45, 7) is 1.82. The lowest BCUT2D eigenvalue weighted by atomic mass is 10.2. The lowest BCUT2D eigenvalue weighted by Crippen LogP contribution is -2.18. The first-order valence-corrected chi connectivity index (χ1v) is 7.66. The van der Waals surface area contributed by atoms with Gasteiger partial charge in [0.05, 0.1) is 13.0 Å². The highest BCUT2D eigenvalue weighted by atomic mass is 32.2. The Hall–Kier alpha value is -1.76. The van der Waals surface area contributed by atoms with Crippen LogP contribution in [0.2, 0.25) is 0 Å². The second kappa shape index (κ2) is 7.14. The van der Waals surface area contributed by atoms with E-state index in [2.05, 4.69) is 4.74 Å². The number of halogens is 1.